The maximum absolute atomic E-state index is 13.3. The van der Waals surface area contributed by atoms with Crippen molar-refractivity contribution in [3.05, 3.63) is 18.2 Å². The minimum Gasteiger partial charge on any atom is -0.480 e. The second-order valence-electron chi connectivity index (χ2n) is 8.81. The van der Waals surface area contributed by atoms with Crippen LogP contribution in [-0.4, -0.2) is 74.9 Å². The van der Waals surface area contributed by atoms with E-state index < -0.39 is 47.9 Å². The number of H-pyrrole nitrogens is 1. The zero-order valence-electron chi connectivity index (χ0n) is 21.2. The summed E-state index contributed by atoms with van der Waals surface area (Å²) in [6.07, 6.45) is 6.44. The Bertz CT molecular complexity index is 821. The predicted molar refractivity (Wildman–Crippen MR) is 136 cm³/mol. The highest BCUT2D eigenvalue weighted by atomic mass is 32.2. The van der Waals surface area contributed by atoms with Crippen LogP contribution in [0.25, 0.3) is 0 Å². The Balaban J connectivity index is 3.08. The molecule has 35 heavy (non-hydrogen) atoms. The van der Waals surface area contributed by atoms with Gasteiger partial charge in [0, 0.05) is 18.3 Å². The minimum absolute atomic E-state index is 0.0659. The van der Waals surface area contributed by atoms with Crippen molar-refractivity contribution in [2.75, 3.05) is 12.0 Å². The lowest BCUT2D eigenvalue weighted by molar-refractivity contribution is -0.142. The van der Waals surface area contributed by atoms with E-state index in [0.29, 0.717) is 24.3 Å². The quantitative estimate of drug-likeness (QED) is 0.187. The Labute approximate surface area is 211 Å². The molecule has 0 aliphatic rings. The highest BCUT2D eigenvalue weighted by Crippen LogP contribution is 2.12. The van der Waals surface area contributed by atoms with Crippen molar-refractivity contribution in [2.45, 2.75) is 77.5 Å². The van der Waals surface area contributed by atoms with Crippen LogP contribution in [0.1, 0.15) is 52.7 Å². The molecule has 6 unspecified atom stereocenters. The molecule has 1 aromatic rings. The van der Waals surface area contributed by atoms with E-state index >= 15 is 0 Å². The molecule has 0 saturated heterocycles. The molecule has 1 heterocycles. The summed E-state index contributed by atoms with van der Waals surface area (Å²) in [5, 5.41) is 17.5. The van der Waals surface area contributed by atoms with Crippen LogP contribution in [0.2, 0.25) is 0 Å². The topological polar surface area (TPSA) is 179 Å². The van der Waals surface area contributed by atoms with Crippen molar-refractivity contribution in [1.29, 1.82) is 0 Å². The summed E-state index contributed by atoms with van der Waals surface area (Å²) >= 11 is 1.47. The van der Waals surface area contributed by atoms with Gasteiger partial charge in [0.05, 0.1) is 12.4 Å². The van der Waals surface area contributed by atoms with Gasteiger partial charge in [0.1, 0.15) is 18.1 Å². The largest absolute Gasteiger partial charge is 0.480 e. The van der Waals surface area contributed by atoms with Crippen molar-refractivity contribution in [1.82, 2.24) is 25.9 Å². The van der Waals surface area contributed by atoms with E-state index in [0.717, 1.165) is 0 Å². The summed E-state index contributed by atoms with van der Waals surface area (Å²) in [6, 6.07) is -3.84. The van der Waals surface area contributed by atoms with Gasteiger partial charge in [0.15, 0.2) is 0 Å². The van der Waals surface area contributed by atoms with Gasteiger partial charge in [-0.3, -0.25) is 14.4 Å². The van der Waals surface area contributed by atoms with Gasteiger partial charge in [-0.05, 0) is 30.3 Å². The number of carboxylic acids is 1. The van der Waals surface area contributed by atoms with E-state index in [1.807, 2.05) is 34.0 Å². The number of nitrogens with one attached hydrogen (secondary N) is 4. The molecule has 0 aliphatic heterocycles. The fourth-order valence-corrected chi connectivity index (χ4v) is 3.79. The molecule has 7 N–H and O–H groups in total. The Kier molecular flexibility index (Phi) is 13.4. The fraction of sp³-hybridized carbons (Fsp3) is 0.696. The molecule has 6 atom stereocenters. The minimum atomic E-state index is -1.15. The third kappa shape index (κ3) is 9.88. The van der Waals surface area contributed by atoms with E-state index in [2.05, 4.69) is 25.9 Å². The molecule has 0 radical (unpaired) electrons. The number of carbonyl (C=O) groups excluding carboxylic acids is 3. The number of hydrogen-bond donors (Lipinski definition) is 6. The maximum Gasteiger partial charge on any atom is 0.326 e. The lowest BCUT2D eigenvalue weighted by atomic mass is 9.95. The first-order chi connectivity index (χ1) is 16.5. The molecule has 198 valence electrons. The molecular weight excluding hydrogens is 472 g/mol. The number of aromatic nitrogens is 2. The molecule has 1 rings (SSSR count). The number of nitrogens with zero attached hydrogens (tertiary/aromatic N) is 1. The van der Waals surface area contributed by atoms with Gasteiger partial charge in [-0.15, -0.1) is 0 Å². The van der Waals surface area contributed by atoms with Crippen molar-refractivity contribution in [2.24, 2.45) is 17.6 Å². The molecule has 0 aromatic carbocycles. The monoisotopic (exact) mass is 512 g/mol. The predicted octanol–water partition coefficient (Wildman–Crippen LogP) is 0.664. The van der Waals surface area contributed by atoms with Crippen LogP contribution >= 0.6 is 11.8 Å². The Morgan fingerprint density at radius 1 is 1.03 bits per heavy atom. The normalized spacial score (nSPS) is 16.3. The van der Waals surface area contributed by atoms with E-state index in [-0.39, 0.29) is 24.7 Å². The average Bonchev–Trinajstić information content (AvgIpc) is 3.35. The Morgan fingerprint density at radius 2 is 1.66 bits per heavy atom. The summed E-state index contributed by atoms with van der Waals surface area (Å²) in [5.74, 6) is -2.50. The first kappa shape index (κ1) is 30.4. The molecule has 0 aliphatic carbocycles. The number of amides is 3. The van der Waals surface area contributed by atoms with Crippen LogP contribution in [0, 0.1) is 11.8 Å². The number of carbonyl (C=O) groups is 4. The Hall–Kier alpha value is -2.60. The van der Waals surface area contributed by atoms with Crippen molar-refractivity contribution >= 4 is 35.5 Å². The number of aromatic amines is 1. The van der Waals surface area contributed by atoms with Crippen LogP contribution in [0.5, 0.6) is 0 Å². The van der Waals surface area contributed by atoms with Gasteiger partial charge in [-0.1, -0.05) is 40.5 Å². The average molecular weight is 513 g/mol. The highest BCUT2D eigenvalue weighted by Gasteiger charge is 2.33. The van der Waals surface area contributed by atoms with Crippen molar-refractivity contribution < 1.29 is 24.3 Å². The second-order valence-corrected chi connectivity index (χ2v) is 9.79. The van der Waals surface area contributed by atoms with Crippen molar-refractivity contribution in [3.8, 4) is 0 Å². The number of nitrogens with two attached hydrogens (primary N) is 1. The smallest absolute Gasteiger partial charge is 0.326 e. The lowest BCUT2D eigenvalue weighted by Crippen LogP contribution is -2.59. The van der Waals surface area contributed by atoms with Gasteiger partial charge >= 0.3 is 5.97 Å². The molecule has 12 heteroatoms. The SMILES string of the molecule is CCC(C)C(N)C(=O)NC(C(=O)NC(Cc1cnc[nH]1)C(=O)NC(CCSC)C(=O)O)C(C)CC. The van der Waals surface area contributed by atoms with Gasteiger partial charge in [0.2, 0.25) is 17.7 Å². The van der Waals surface area contributed by atoms with Gasteiger partial charge in [0.25, 0.3) is 0 Å². The second kappa shape index (κ2) is 15.4. The first-order valence-corrected chi connectivity index (χ1v) is 13.3. The molecule has 3 amide bonds. The van der Waals surface area contributed by atoms with Crippen LogP contribution in [0.3, 0.4) is 0 Å². The summed E-state index contributed by atoms with van der Waals surface area (Å²) in [6.45, 7) is 7.51. The van der Waals surface area contributed by atoms with Gasteiger partial charge in [-0.25, -0.2) is 9.78 Å². The Morgan fingerprint density at radius 3 is 2.17 bits per heavy atom. The number of rotatable bonds is 16. The number of aliphatic carboxylic acids is 1. The zero-order chi connectivity index (χ0) is 26.5. The number of imidazole rings is 1. The van der Waals surface area contributed by atoms with E-state index in [1.54, 1.807) is 0 Å². The van der Waals surface area contributed by atoms with E-state index in [1.165, 1.54) is 24.3 Å². The third-order valence-electron chi connectivity index (χ3n) is 6.19. The molecule has 1 aromatic heterocycles. The molecule has 0 spiro atoms. The fourth-order valence-electron chi connectivity index (χ4n) is 3.32. The standard InChI is InChI=1S/C23H40N6O5S/c1-6-13(3)18(24)21(31)29-19(14(4)7-2)22(32)28-17(10-15-11-25-12-26-15)20(30)27-16(23(33)34)8-9-35-5/h11-14,16-19H,6-10,24H2,1-5H3,(H,25,26)(H,27,30)(H,28,32)(H,29,31)(H,33,34). The molecular formula is C23H40N6O5S. The van der Waals surface area contributed by atoms with Crippen LogP contribution in [0.15, 0.2) is 12.5 Å². The third-order valence-corrected chi connectivity index (χ3v) is 6.83. The van der Waals surface area contributed by atoms with E-state index in [9.17, 15) is 24.3 Å². The van der Waals surface area contributed by atoms with E-state index in [4.69, 9.17) is 5.73 Å². The molecule has 11 nitrogen and oxygen atoms in total. The number of carboxylic acid groups (broad SMARTS) is 1. The zero-order valence-corrected chi connectivity index (χ0v) is 22.0. The lowest BCUT2D eigenvalue weighted by Gasteiger charge is -2.28. The summed E-state index contributed by atoms with van der Waals surface area (Å²) < 4.78 is 0. The summed E-state index contributed by atoms with van der Waals surface area (Å²) in [4.78, 5) is 57.5. The highest BCUT2D eigenvalue weighted by molar-refractivity contribution is 7.98. The summed E-state index contributed by atoms with van der Waals surface area (Å²) in [7, 11) is 0. The maximum atomic E-state index is 13.3. The van der Waals surface area contributed by atoms with Gasteiger partial charge in [-0.2, -0.15) is 11.8 Å². The van der Waals surface area contributed by atoms with Crippen LogP contribution < -0.4 is 21.7 Å². The molecule has 0 bridgehead atoms. The molecule has 0 fully saturated rings. The number of thioether (sulfide) groups is 1. The first-order valence-electron chi connectivity index (χ1n) is 11.9. The van der Waals surface area contributed by atoms with Crippen LogP contribution in [0.4, 0.5) is 0 Å². The molecule has 0 saturated carbocycles. The number of hydrogen-bond acceptors (Lipinski definition) is 7. The van der Waals surface area contributed by atoms with Gasteiger partial charge < -0.3 is 31.8 Å². The summed E-state index contributed by atoms with van der Waals surface area (Å²) in [5.41, 5.74) is 6.64. The van der Waals surface area contributed by atoms with Crippen molar-refractivity contribution in [3.63, 3.8) is 0 Å². The van der Waals surface area contributed by atoms with Crippen LogP contribution in [-0.2, 0) is 25.6 Å².